The number of hydrogen-bond acceptors (Lipinski definition) is 4. The quantitative estimate of drug-likeness (QED) is 0.301. The maximum Gasteiger partial charge on any atom is 0.355 e. The Morgan fingerprint density at radius 3 is 2.39 bits per heavy atom. The second-order valence-corrected chi connectivity index (χ2v) is 8.86. The van der Waals surface area contributed by atoms with Gasteiger partial charge in [-0.15, -0.1) is 0 Å². The molecule has 1 atom stereocenters. The number of carbonyl (C=O) groups is 2. The standard InChI is InChI=1S/C16H17Br2NO4/c1-10(2)12(19-14(21)16(17,18)15(19)22-3)13(20)23-9-11-7-5-4-6-8-11/h4-8,15H,9H2,1-3H3. The van der Waals surface area contributed by atoms with Gasteiger partial charge in [0.15, 0.2) is 6.23 Å². The number of amides is 1. The van der Waals surface area contributed by atoms with Crippen molar-refractivity contribution in [2.75, 3.05) is 7.11 Å². The lowest BCUT2D eigenvalue weighted by Gasteiger charge is -2.48. The second kappa shape index (κ2) is 7.15. The van der Waals surface area contributed by atoms with Gasteiger partial charge in [-0.25, -0.2) is 4.79 Å². The molecule has 0 bridgehead atoms. The van der Waals surface area contributed by atoms with Crippen molar-refractivity contribution in [2.45, 2.75) is 29.9 Å². The van der Waals surface area contributed by atoms with Crippen LogP contribution in [0.15, 0.2) is 41.6 Å². The summed E-state index contributed by atoms with van der Waals surface area (Å²) in [5.74, 6) is -0.864. The van der Waals surface area contributed by atoms with Crippen LogP contribution in [0.2, 0.25) is 0 Å². The van der Waals surface area contributed by atoms with Gasteiger partial charge in [0.05, 0.1) is 0 Å². The monoisotopic (exact) mass is 445 g/mol. The van der Waals surface area contributed by atoms with E-state index in [2.05, 4.69) is 31.9 Å². The van der Waals surface area contributed by atoms with Gasteiger partial charge < -0.3 is 9.47 Å². The Kier molecular flexibility index (Phi) is 5.65. The first kappa shape index (κ1) is 18.2. The number of β-lactam (4-membered cyclic amide) rings is 1. The van der Waals surface area contributed by atoms with Crippen molar-refractivity contribution in [3.63, 3.8) is 0 Å². The van der Waals surface area contributed by atoms with E-state index in [4.69, 9.17) is 9.47 Å². The number of rotatable bonds is 5. The molecule has 1 amide bonds. The van der Waals surface area contributed by atoms with E-state index in [-0.39, 0.29) is 18.2 Å². The number of esters is 1. The lowest BCUT2D eigenvalue weighted by atomic mass is 10.1. The summed E-state index contributed by atoms with van der Waals surface area (Å²) in [4.78, 5) is 26.0. The Morgan fingerprint density at radius 1 is 1.26 bits per heavy atom. The second-order valence-electron chi connectivity index (χ2n) is 5.30. The first-order valence-electron chi connectivity index (χ1n) is 6.93. The van der Waals surface area contributed by atoms with Gasteiger partial charge in [-0.2, -0.15) is 0 Å². The normalized spacial score (nSPS) is 19.1. The van der Waals surface area contributed by atoms with Crippen molar-refractivity contribution in [3.8, 4) is 0 Å². The molecule has 0 radical (unpaired) electrons. The number of methoxy groups -OCH3 is 1. The maximum absolute atomic E-state index is 12.5. The van der Waals surface area contributed by atoms with E-state index in [9.17, 15) is 9.59 Å². The summed E-state index contributed by atoms with van der Waals surface area (Å²) in [6.45, 7) is 3.65. The Morgan fingerprint density at radius 2 is 1.87 bits per heavy atom. The first-order chi connectivity index (χ1) is 10.8. The van der Waals surface area contributed by atoms with Crippen LogP contribution >= 0.6 is 31.9 Å². The van der Waals surface area contributed by atoms with E-state index in [1.54, 1.807) is 13.8 Å². The third-order valence-corrected chi connectivity index (χ3v) is 4.85. The van der Waals surface area contributed by atoms with Crippen molar-refractivity contribution >= 4 is 43.7 Å². The highest BCUT2D eigenvalue weighted by Gasteiger charge is 2.61. The molecule has 1 aliphatic rings. The molecule has 1 aromatic carbocycles. The largest absolute Gasteiger partial charge is 0.456 e. The number of carbonyl (C=O) groups excluding carboxylic acids is 2. The molecule has 1 saturated heterocycles. The van der Waals surface area contributed by atoms with E-state index in [0.29, 0.717) is 5.57 Å². The molecular weight excluding hydrogens is 430 g/mol. The van der Waals surface area contributed by atoms with Crippen LogP contribution in [0, 0.1) is 0 Å². The van der Waals surface area contributed by atoms with Gasteiger partial charge in [-0.05, 0) is 25.0 Å². The van der Waals surface area contributed by atoms with E-state index >= 15 is 0 Å². The van der Waals surface area contributed by atoms with Crippen LogP contribution in [0.1, 0.15) is 19.4 Å². The van der Waals surface area contributed by atoms with Gasteiger partial charge in [-0.3, -0.25) is 9.69 Å². The van der Waals surface area contributed by atoms with Crippen molar-refractivity contribution in [1.82, 2.24) is 4.90 Å². The molecule has 23 heavy (non-hydrogen) atoms. The van der Waals surface area contributed by atoms with Gasteiger partial charge in [-0.1, -0.05) is 62.2 Å². The predicted octanol–water partition coefficient (Wildman–Crippen LogP) is 3.32. The van der Waals surface area contributed by atoms with E-state index < -0.39 is 15.4 Å². The summed E-state index contributed by atoms with van der Waals surface area (Å²) in [5, 5.41) is 0. The van der Waals surface area contributed by atoms with Gasteiger partial charge in [0.25, 0.3) is 5.91 Å². The van der Waals surface area contributed by atoms with Crippen LogP contribution in [0.5, 0.6) is 0 Å². The van der Waals surface area contributed by atoms with Crippen LogP contribution in [-0.4, -0.2) is 33.3 Å². The topological polar surface area (TPSA) is 55.8 Å². The molecule has 1 fully saturated rings. The number of likely N-dealkylation sites (tertiary alicyclic amines) is 1. The molecule has 0 aromatic heterocycles. The fourth-order valence-corrected chi connectivity index (χ4v) is 3.44. The third-order valence-electron chi connectivity index (χ3n) is 3.39. The molecule has 7 heteroatoms. The molecular formula is C16H17Br2NO4. The molecule has 0 aliphatic carbocycles. The molecule has 1 heterocycles. The SMILES string of the molecule is COC1N(C(C(=O)OCc2ccccc2)=C(C)C)C(=O)C1(Br)Br. The molecule has 5 nitrogen and oxygen atoms in total. The zero-order chi connectivity index (χ0) is 17.2. The smallest absolute Gasteiger partial charge is 0.355 e. The average Bonchev–Trinajstić information content (AvgIpc) is 2.52. The minimum atomic E-state index is -1.02. The molecule has 0 N–H and O–H groups in total. The molecule has 1 aliphatic heterocycles. The number of halogens is 2. The predicted molar refractivity (Wildman–Crippen MR) is 92.8 cm³/mol. The Bertz CT molecular complexity index is 639. The van der Waals surface area contributed by atoms with Crippen LogP contribution in [0.4, 0.5) is 0 Å². The van der Waals surface area contributed by atoms with Crippen LogP contribution < -0.4 is 0 Å². The number of hydrogen-bond donors (Lipinski definition) is 0. The van der Waals surface area contributed by atoms with E-state index in [1.165, 1.54) is 12.0 Å². The van der Waals surface area contributed by atoms with Crippen molar-refractivity contribution in [1.29, 1.82) is 0 Å². The summed E-state index contributed by atoms with van der Waals surface area (Å²) in [6, 6.07) is 9.36. The van der Waals surface area contributed by atoms with Crippen molar-refractivity contribution in [2.24, 2.45) is 0 Å². The van der Waals surface area contributed by atoms with Crippen LogP contribution in [0.25, 0.3) is 0 Å². The number of nitrogens with zero attached hydrogens (tertiary/aromatic N) is 1. The molecule has 2 rings (SSSR count). The fraction of sp³-hybridized carbons (Fsp3) is 0.375. The number of ether oxygens (including phenoxy) is 2. The highest BCUT2D eigenvalue weighted by atomic mass is 79.9. The van der Waals surface area contributed by atoms with Gasteiger partial charge in [0.1, 0.15) is 12.3 Å². The number of alkyl halides is 2. The molecule has 0 saturated carbocycles. The summed E-state index contributed by atoms with van der Waals surface area (Å²) in [6.07, 6.45) is -0.635. The first-order valence-corrected chi connectivity index (χ1v) is 8.52. The zero-order valence-corrected chi connectivity index (χ0v) is 16.2. The van der Waals surface area contributed by atoms with Crippen molar-refractivity contribution < 1.29 is 19.1 Å². The molecule has 0 spiro atoms. The fourth-order valence-electron chi connectivity index (χ4n) is 2.28. The van der Waals surface area contributed by atoms with E-state index in [1.807, 2.05) is 30.3 Å². The highest BCUT2D eigenvalue weighted by Crippen LogP contribution is 2.47. The summed E-state index contributed by atoms with van der Waals surface area (Å²) in [7, 11) is 1.47. The molecule has 1 aromatic rings. The summed E-state index contributed by atoms with van der Waals surface area (Å²) >= 11 is 6.53. The van der Waals surface area contributed by atoms with Gasteiger partial charge in [0, 0.05) is 7.11 Å². The average molecular weight is 447 g/mol. The molecule has 1 unspecified atom stereocenters. The van der Waals surface area contributed by atoms with Crippen molar-refractivity contribution in [3.05, 3.63) is 47.2 Å². The number of benzene rings is 1. The zero-order valence-electron chi connectivity index (χ0n) is 13.0. The molecule has 124 valence electrons. The summed E-state index contributed by atoms with van der Waals surface area (Å²) in [5.41, 5.74) is 1.75. The minimum Gasteiger partial charge on any atom is -0.456 e. The number of allylic oxidation sites excluding steroid dienone is 1. The Balaban J connectivity index is 2.15. The highest BCUT2D eigenvalue weighted by molar-refractivity contribution is 9.26. The van der Waals surface area contributed by atoms with Gasteiger partial charge >= 0.3 is 5.97 Å². The lowest BCUT2D eigenvalue weighted by Crippen LogP contribution is -2.68. The van der Waals surface area contributed by atoms with Gasteiger partial charge in [0.2, 0.25) is 3.23 Å². The third kappa shape index (κ3) is 3.51. The lowest BCUT2D eigenvalue weighted by molar-refractivity contribution is -0.169. The van der Waals surface area contributed by atoms with E-state index in [0.717, 1.165) is 5.56 Å². The Labute approximate surface area is 151 Å². The van der Waals surface area contributed by atoms with Crippen LogP contribution in [-0.2, 0) is 25.7 Å². The maximum atomic E-state index is 12.5. The summed E-state index contributed by atoms with van der Waals surface area (Å²) < 4.78 is 9.62. The van der Waals surface area contributed by atoms with Crippen LogP contribution in [0.3, 0.4) is 0 Å². The Hall–Kier alpha value is -1.18. The minimum absolute atomic E-state index is 0.143.